The van der Waals surface area contributed by atoms with Gasteiger partial charge in [0.2, 0.25) is 0 Å². The molecule has 0 aliphatic carbocycles. The lowest BCUT2D eigenvalue weighted by Gasteiger charge is -2.08. The standard InChI is InChI=1S/C19H16N6S/c1-11-9-15(20)14-10-13(3-4-16(14)22-11)18-23-17(24-19(25-18)26-2)12-5-7-21-8-6-12/h3-10H,1-2H3,(H2,20,22). The molecule has 0 unspecified atom stereocenters. The number of nitrogen functional groups attached to an aromatic ring is 1. The number of fused-ring (bicyclic) bond motifs is 1. The van der Waals surface area contributed by atoms with E-state index < -0.39 is 0 Å². The highest BCUT2D eigenvalue weighted by molar-refractivity contribution is 7.98. The predicted molar refractivity (Wildman–Crippen MR) is 105 cm³/mol. The largest absolute Gasteiger partial charge is 0.398 e. The van der Waals surface area contributed by atoms with E-state index in [0.717, 1.165) is 27.7 Å². The number of nitrogens with zero attached hydrogens (tertiary/aromatic N) is 5. The van der Waals surface area contributed by atoms with Gasteiger partial charge in [0, 0.05) is 40.3 Å². The zero-order chi connectivity index (χ0) is 18.1. The van der Waals surface area contributed by atoms with Gasteiger partial charge in [-0.25, -0.2) is 15.0 Å². The molecule has 0 spiro atoms. The molecule has 0 fully saturated rings. The second-order valence-corrected chi connectivity index (χ2v) is 6.56. The maximum Gasteiger partial charge on any atom is 0.191 e. The first kappa shape index (κ1) is 16.4. The molecule has 4 aromatic rings. The van der Waals surface area contributed by atoms with Crippen LogP contribution in [0.15, 0.2) is 53.9 Å². The summed E-state index contributed by atoms with van der Waals surface area (Å²) in [5.74, 6) is 1.23. The van der Waals surface area contributed by atoms with E-state index in [2.05, 4.69) is 24.9 Å². The van der Waals surface area contributed by atoms with Gasteiger partial charge in [-0.2, -0.15) is 0 Å². The zero-order valence-corrected chi connectivity index (χ0v) is 15.2. The quantitative estimate of drug-likeness (QED) is 0.556. The molecule has 0 saturated heterocycles. The van der Waals surface area contributed by atoms with Gasteiger partial charge in [-0.05, 0) is 49.6 Å². The van der Waals surface area contributed by atoms with Crippen molar-refractivity contribution in [3.63, 3.8) is 0 Å². The highest BCUT2D eigenvalue weighted by Gasteiger charge is 2.11. The number of hydrogen-bond acceptors (Lipinski definition) is 7. The topological polar surface area (TPSA) is 90.5 Å². The lowest BCUT2D eigenvalue weighted by molar-refractivity contribution is 0.923. The van der Waals surface area contributed by atoms with Gasteiger partial charge in [0.1, 0.15) is 0 Å². The van der Waals surface area contributed by atoms with E-state index in [-0.39, 0.29) is 0 Å². The Labute approximate surface area is 155 Å². The molecular formula is C19H16N6S. The molecule has 0 aliphatic rings. The Morgan fingerprint density at radius 2 is 1.58 bits per heavy atom. The summed E-state index contributed by atoms with van der Waals surface area (Å²) in [6, 6.07) is 11.5. The maximum atomic E-state index is 6.18. The van der Waals surface area contributed by atoms with Gasteiger partial charge in [-0.15, -0.1) is 0 Å². The van der Waals surface area contributed by atoms with Crippen molar-refractivity contribution >= 4 is 28.4 Å². The number of nitrogens with two attached hydrogens (primary N) is 1. The van der Waals surface area contributed by atoms with Crippen LogP contribution in [0.5, 0.6) is 0 Å². The molecule has 4 rings (SSSR count). The van der Waals surface area contributed by atoms with Crippen molar-refractivity contribution in [3.8, 4) is 22.8 Å². The molecule has 0 amide bonds. The van der Waals surface area contributed by atoms with Crippen molar-refractivity contribution in [2.75, 3.05) is 12.0 Å². The van der Waals surface area contributed by atoms with Crippen LogP contribution in [0.2, 0.25) is 0 Å². The molecule has 3 aromatic heterocycles. The molecule has 2 N–H and O–H groups in total. The van der Waals surface area contributed by atoms with E-state index in [4.69, 9.17) is 5.73 Å². The van der Waals surface area contributed by atoms with Crippen LogP contribution in [-0.4, -0.2) is 31.2 Å². The summed E-state index contributed by atoms with van der Waals surface area (Å²) in [4.78, 5) is 22.3. The van der Waals surface area contributed by atoms with E-state index in [1.807, 2.05) is 49.6 Å². The Morgan fingerprint density at radius 3 is 2.31 bits per heavy atom. The SMILES string of the molecule is CSc1nc(-c2ccncc2)nc(-c2ccc3nc(C)cc(N)c3c2)n1. The average molecular weight is 360 g/mol. The van der Waals surface area contributed by atoms with Crippen LogP contribution in [0.3, 0.4) is 0 Å². The third kappa shape index (κ3) is 3.09. The number of anilines is 1. The van der Waals surface area contributed by atoms with Gasteiger partial charge in [-0.1, -0.05) is 11.8 Å². The molecule has 0 radical (unpaired) electrons. The number of aryl methyl sites for hydroxylation is 1. The summed E-state index contributed by atoms with van der Waals surface area (Å²) < 4.78 is 0. The summed E-state index contributed by atoms with van der Waals surface area (Å²) in [5.41, 5.74) is 10.4. The summed E-state index contributed by atoms with van der Waals surface area (Å²) in [7, 11) is 0. The van der Waals surface area contributed by atoms with Gasteiger partial charge in [0.25, 0.3) is 0 Å². The van der Waals surface area contributed by atoms with E-state index in [1.165, 1.54) is 11.8 Å². The second kappa shape index (κ2) is 6.68. The molecule has 26 heavy (non-hydrogen) atoms. The Morgan fingerprint density at radius 1 is 0.846 bits per heavy atom. The monoisotopic (exact) mass is 360 g/mol. The third-order valence-corrected chi connectivity index (χ3v) is 4.51. The molecular weight excluding hydrogens is 344 g/mol. The van der Waals surface area contributed by atoms with Crippen molar-refractivity contribution in [2.24, 2.45) is 0 Å². The highest BCUT2D eigenvalue weighted by atomic mass is 32.2. The summed E-state index contributed by atoms with van der Waals surface area (Å²) in [6.07, 6.45) is 5.39. The molecule has 3 heterocycles. The van der Waals surface area contributed by atoms with Crippen molar-refractivity contribution in [2.45, 2.75) is 12.1 Å². The van der Waals surface area contributed by atoms with Crippen LogP contribution in [0.25, 0.3) is 33.7 Å². The van der Waals surface area contributed by atoms with Gasteiger partial charge in [0.15, 0.2) is 16.8 Å². The van der Waals surface area contributed by atoms with Crippen LogP contribution in [0.4, 0.5) is 5.69 Å². The van der Waals surface area contributed by atoms with Gasteiger partial charge in [0.05, 0.1) is 5.52 Å². The minimum Gasteiger partial charge on any atom is -0.398 e. The molecule has 128 valence electrons. The Balaban J connectivity index is 1.88. The third-order valence-electron chi connectivity index (χ3n) is 3.96. The molecule has 0 bridgehead atoms. The smallest absolute Gasteiger partial charge is 0.191 e. The molecule has 0 aliphatic heterocycles. The number of aromatic nitrogens is 5. The minimum absolute atomic E-state index is 0.609. The fourth-order valence-corrected chi connectivity index (χ4v) is 3.09. The first-order chi connectivity index (χ1) is 12.6. The number of rotatable bonds is 3. The molecule has 7 heteroatoms. The van der Waals surface area contributed by atoms with Gasteiger partial charge < -0.3 is 5.73 Å². The lowest BCUT2D eigenvalue weighted by Crippen LogP contribution is -1.99. The molecule has 6 nitrogen and oxygen atoms in total. The average Bonchev–Trinajstić information content (AvgIpc) is 2.68. The fourth-order valence-electron chi connectivity index (χ4n) is 2.74. The van der Waals surface area contributed by atoms with Crippen molar-refractivity contribution in [1.82, 2.24) is 24.9 Å². The predicted octanol–water partition coefficient (Wildman–Crippen LogP) is 3.76. The van der Waals surface area contributed by atoms with Crippen molar-refractivity contribution < 1.29 is 0 Å². The van der Waals surface area contributed by atoms with Crippen LogP contribution in [0.1, 0.15) is 5.69 Å². The normalized spacial score (nSPS) is 11.0. The first-order valence-electron chi connectivity index (χ1n) is 8.02. The van der Waals surface area contributed by atoms with Crippen LogP contribution in [-0.2, 0) is 0 Å². The Bertz CT molecular complexity index is 1100. The fraction of sp³-hybridized carbons (Fsp3) is 0.105. The molecule has 1 aromatic carbocycles. The molecule has 0 atom stereocenters. The summed E-state index contributed by atoms with van der Waals surface area (Å²) in [5, 5.41) is 1.56. The van der Waals surface area contributed by atoms with E-state index >= 15 is 0 Å². The van der Waals surface area contributed by atoms with Crippen LogP contribution >= 0.6 is 11.8 Å². The van der Waals surface area contributed by atoms with Crippen LogP contribution in [0, 0.1) is 6.92 Å². The van der Waals surface area contributed by atoms with Gasteiger partial charge >= 0.3 is 0 Å². The Hall–Kier alpha value is -3.06. The maximum absolute atomic E-state index is 6.18. The van der Waals surface area contributed by atoms with Gasteiger partial charge in [-0.3, -0.25) is 9.97 Å². The van der Waals surface area contributed by atoms with Crippen LogP contribution < -0.4 is 5.73 Å². The number of benzene rings is 1. The van der Waals surface area contributed by atoms with E-state index in [0.29, 0.717) is 22.5 Å². The minimum atomic E-state index is 0.609. The first-order valence-corrected chi connectivity index (χ1v) is 9.24. The highest BCUT2D eigenvalue weighted by Crippen LogP contribution is 2.27. The van der Waals surface area contributed by atoms with Crippen molar-refractivity contribution in [3.05, 3.63) is 54.5 Å². The second-order valence-electron chi connectivity index (χ2n) is 5.79. The number of thioether (sulfide) groups is 1. The van der Waals surface area contributed by atoms with Crippen molar-refractivity contribution in [1.29, 1.82) is 0 Å². The van der Waals surface area contributed by atoms with E-state index in [9.17, 15) is 0 Å². The zero-order valence-electron chi connectivity index (χ0n) is 14.3. The number of pyridine rings is 2. The Kier molecular flexibility index (Phi) is 4.22. The lowest BCUT2D eigenvalue weighted by atomic mass is 10.1. The van der Waals surface area contributed by atoms with E-state index in [1.54, 1.807) is 12.4 Å². The summed E-state index contributed by atoms with van der Waals surface area (Å²) in [6.45, 7) is 1.93. The molecule has 0 saturated carbocycles. The summed E-state index contributed by atoms with van der Waals surface area (Å²) >= 11 is 1.48. The number of hydrogen-bond donors (Lipinski definition) is 1.